The molecule has 5 nitrogen and oxygen atoms in total. The topological polar surface area (TPSA) is 59.1 Å². The fraction of sp³-hybridized carbons (Fsp3) is 0.304. The second kappa shape index (κ2) is 9.09. The van der Waals surface area contributed by atoms with Crippen molar-refractivity contribution in [1.29, 1.82) is 0 Å². The molecule has 2 aromatic carbocycles. The summed E-state index contributed by atoms with van der Waals surface area (Å²) in [5, 5.41) is 16.9. The van der Waals surface area contributed by atoms with Crippen molar-refractivity contribution < 1.29 is 9.84 Å². The van der Waals surface area contributed by atoms with Gasteiger partial charge in [-0.15, -0.1) is 11.3 Å². The van der Waals surface area contributed by atoms with Crippen molar-refractivity contribution in [2.45, 2.75) is 38.1 Å². The SMILES string of the molecule is COc1ccccc1-c1csc(=NC2CCCCC2)n1N=Cc1ccccc1O. The van der Waals surface area contributed by atoms with Crippen molar-refractivity contribution in [3.05, 3.63) is 64.3 Å². The average molecular weight is 408 g/mol. The molecule has 150 valence electrons. The van der Waals surface area contributed by atoms with Gasteiger partial charge in [0.25, 0.3) is 0 Å². The highest BCUT2D eigenvalue weighted by molar-refractivity contribution is 7.07. The van der Waals surface area contributed by atoms with Gasteiger partial charge < -0.3 is 9.84 Å². The second-order valence-electron chi connectivity index (χ2n) is 7.14. The van der Waals surface area contributed by atoms with Gasteiger partial charge in [-0.05, 0) is 37.1 Å². The lowest BCUT2D eigenvalue weighted by Gasteiger charge is -2.17. The Bertz CT molecular complexity index is 1060. The van der Waals surface area contributed by atoms with Crippen molar-refractivity contribution in [2.24, 2.45) is 10.1 Å². The summed E-state index contributed by atoms with van der Waals surface area (Å²) in [7, 11) is 1.67. The molecular formula is C23H25N3O2S. The standard InChI is InChI=1S/C23H25N3O2S/c1-28-22-14-8-6-12-19(22)20-16-29-23(25-18-10-3-2-4-11-18)26(20)24-15-17-9-5-7-13-21(17)27/h5-9,12-16,18,27H,2-4,10-11H2,1H3. The molecule has 0 amide bonds. The first-order valence-corrected chi connectivity index (χ1v) is 10.8. The number of nitrogens with zero attached hydrogens (tertiary/aromatic N) is 3. The lowest BCUT2D eigenvalue weighted by molar-refractivity contribution is 0.416. The van der Waals surface area contributed by atoms with E-state index in [2.05, 4.69) is 5.38 Å². The molecule has 6 heteroatoms. The summed E-state index contributed by atoms with van der Waals surface area (Å²) in [6.07, 6.45) is 7.71. The van der Waals surface area contributed by atoms with Crippen LogP contribution in [0.25, 0.3) is 11.3 Å². The van der Waals surface area contributed by atoms with Gasteiger partial charge in [0, 0.05) is 16.5 Å². The molecule has 1 heterocycles. The van der Waals surface area contributed by atoms with Crippen LogP contribution in [0.2, 0.25) is 0 Å². The number of rotatable bonds is 5. The predicted molar refractivity (Wildman–Crippen MR) is 118 cm³/mol. The maximum Gasteiger partial charge on any atom is 0.206 e. The Morgan fingerprint density at radius 1 is 1.07 bits per heavy atom. The lowest BCUT2D eigenvalue weighted by Crippen LogP contribution is -2.19. The van der Waals surface area contributed by atoms with Crippen molar-refractivity contribution in [3.8, 4) is 22.8 Å². The molecule has 0 bridgehead atoms. The third-order valence-corrected chi connectivity index (χ3v) is 6.02. The van der Waals surface area contributed by atoms with Crippen molar-refractivity contribution in [1.82, 2.24) is 4.68 Å². The number of methoxy groups -OCH3 is 1. The molecule has 0 spiro atoms. The molecule has 1 N–H and O–H groups in total. The molecule has 0 aliphatic heterocycles. The zero-order chi connectivity index (χ0) is 20.1. The minimum atomic E-state index is 0.205. The van der Waals surface area contributed by atoms with E-state index in [0.717, 1.165) is 34.6 Å². The van der Waals surface area contributed by atoms with Gasteiger partial charge in [-0.1, -0.05) is 43.5 Å². The molecule has 0 unspecified atom stereocenters. The fourth-order valence-corrected chi connectivity index (χ4v) is 4.52. The molecular weight excluding hydrogens is 382 g/mol. The maximum absolute atomic E-state index is 10.1. The summed E-state index contributed by atoms with van der Waals surface area (Å²) >= 11 is 1.59. The van der Waals surface area contributed by atoms with Crippen LogP contribution >= 0.6 is 11.3 Å². The van der Waals surface area contributed by atoms with Gasteiger partial charge in [0.1, 0.15) is 11.5 Å². The minimum absolute atomic E-state index is 0.205. The first kappa shape index (κ1) is 19.5. The van der Waals surface area contributed by atoms with Crippen LogP contribution < -0.4 is 9.54 Å². The fourth-order valence-electron chi connectivity index (χ4n) is 3.62. The van der Waals surface area contributed by atoms with E-state index >= 15 is 0 Å². The number of thiazole rings is 1. The Morgan fingerprint density at radius 3 is 2.62 bits per heavy atom. The highest BCUT2D eigenvalue weighted by atomic mass is 32.1. The van der Waals surface area contributed by atoms with Crippen LogP contribution in [-0.2, 0) is 0 Å². The molecule has 4 rings (SSSR count). The van der Waals surface area contributed by atoms with Crippen LogP contribution in [0.15, 0.2) is 64.0 Å². The van der Waals surface area contributed by atoms with Gasteiger partial charge in [0.2, 0.25) is 4.80 Å². The third-order valence-electron chi connectivity index (χ3n) is 5.19. The Morgan fingerprint density at radius 2 is 1.83 bits per heavy atom. The number of hydrogen-bond acceptors (Lipinski definition) is 5. The van der Waals surface area contributed by atoms with Crippen LogP contribution in [0.5, 0.6) is 11.5 Å². The van der Waals surface area contributed by atoms with Gasteiger partial charge in [0.15, 0.2) is 0 Å². The molecule has 0 radical (unpaired) electrons. The molecule has 1 aromatic heterocycles. The molecule has 29 heavy (non-hydrogen) atoms. The van der Waals surface area contributed by atoms with E-state index in [4.69, 9.17) is 14.8 Å². The lowest BCUT2D eigenvalue weighted by atomic mass is 9.96. The largest absolute Gasteiger partial charge is 0.507 e. The van der Waals surface area contributed by atoms with E-state index in [1.54, 1.807) is 36.8 Å². The summed E-state index contributed by atoms with van der Waals surface area (Å²) < 4.78 is 7.43. The molecule has 0 atom stereocenters. The molecule has 3 aromatic rings. The van der Waals surface area contributed by atoms with E-state index in [-0.39, 0.29) is 5.75 Å². The van der Waals surface area contributed by atoms with E-state index in [1.165, 1.54) is 19.3 Å². The Kier molecular flexibility index (Phi) is 6.10. The van der Waals surface area contributed by atoms with Gasteiger partial charge in [0.05, 0.1) is 25.1 Å². The van der Waals surface area contributed by atoms with Crippen LogP contribution in [-0.4, -0.2) is 29.1 Å². The number of ether oxygens (including phenoxy) is 1. The summed E-state index contributed by atoms with van der Waals surface area (Å²) in [6.45, 7) is 0. The summed E-state index contributed by atoms with van der Waals surface area (Å²) in [6, 6.07) is 15.4. The van der Waals surface area contributed by atoms with Crippen LogP contribution in [0.4, 0.5) is 0 Å². The predicted octanol–water partition coefficient (Wildman–Crippen LogP) is 5.05. The Hall–Kier alpha value is -2.86. The van der Waals surface area contributed by atoms with Gasteiger partial charge in [-0.25, -0.2) is 4.68 Å². The van der Waals surface area contributed by atoms with Crippen molar-refractivity contribution >= 4 is 17.6 Å². The highest BCUT2D eigenvalue weighted by Gasteiger charge is 2.15. The minimum Gasteiger partial charge on any atom is -0.507 e. The van der Waals surface area contributed by atoms with E-state index in [1.807, 2.05) is 41.1 Å². The zero-order valence-corrected chi connectivity index (χ0v) is 17.3. The van der Waals surface area contributed by atoms with Crippen molar-refractivity contribution in [3.63, 3.8) is 0 Å². The molecule has 1 saturated carbocycles. The quantitative estimate of drug-likeness (QED) is 0.602. The first-order valence-electron chi connectivity index (χ1n) is 9.96. The number of hydrogen-bond donors (Lipinski definition) is 1. The number of benzene rings is 2. The first-order chi connectivity index (χ1) is 14.3. The Labute approximate surface area is 174 Å². The maximum atomic E-state index is 10.1. The molecule has 1 fully saturated rings. The number of aromatic nitrogens is 1. The van der Waals surface area contributed by atoms with Gasteiger partial charge in [-0.3, -0.25) is 4.99 Å². The molecule has 1 aliphatic carbocycles. The van der Waals surface area contributed by atoms with E-state index in [9.17, 15) is 5.11 Å². The zero-order valence-electron chi connectivity index (χ0n) is 16.5. The van der Waals surface area contributed by atoms with E-state index in [0.29, 0.717) is 11.6 Å². The molecule has 0 saturated heterocycles. The van der Waals surface area contributed by atoms with Crippen LogP contribution in [0, 0.1) is 0 Å². The average Bonchev–Trinajstić information content (AvgIpc) is 3.16. The molecule has 1 aliphatic rings. The smallest absolute Gasteiger partial charge is 0.206 e. The summed E-state index contributed by atoms with van der Waals surface area (Å²) in [5.74, 6) is 0.998. The Balaban J connectivity index is 1.81. The number of phenols is 1. The van der Waals surface area contributed by atoms with Crippen LogP contribution in [0.3, 0.4) is 0 Å². The number of aromatic hydroxyl groups is 1. The number of para-hydroxylation sites is 2. The summed E-state index contributed by atoms with van der Waals surface area (Å²) in [4.78, 5) is 5.88. The highest BCUT2D eigenvalue weighted by Crippen LogP contribution is 2.30. The second-order valence-corrected chi connectivity index (χ2v) is 7.98. The van der Waals surface area contributed by atoms with Crippen LogP contribution in [0.1, 0.15) is 37.7 Å². The third kappa shape index (κ3) is 4.43. The summed E-state index contributed by atoms with van der Waals surface area (Å²) in [5.41, 5.74) is 2.56. The van der Waals surface area contributed by atoms with Crippen molar-refractivity contribution in [2.75, 3.05) is 7.11 Å². The van der Waals surface area contributed by atoms with Gasteiger partial charge >= 0.3 is 0 Å². The van der Waals surface area contributed by atoms with Gasteiger partial charge in [-0.2, -0.15) is 5.10 Å². The van der Waals surface area contributed by atoms with E-state index < -0.39 is 0 Å². The normalized spacial score (nSPS) is 15.8. The monoisotopic (exact) mass is 407 g/mol. The number of phenolic OH excluding ortho intramolecular Hbond substituents is 1.